The molecule has 3 rings (SSSR count). The molecule has 2 aromatic carbocycles. The van der Waals surface area contributed by atoms with Crippen LogP contribution >= 0.6 is 0 Å². The molecule has 0 aliphatic carbocycles. The van der Waals surface area contributed by atoms with Crippen LogP contribution in [-0.2, 0) is 0 Å². The molecule has 0 amide bonds. The highest BCUT2D eigenvalue weighted by Crippen LogP contribution is 2.34. The lowest BCUT2D eigenvalue weighted by molar-refractivity contribution is 0.112. The first-order valence-corrected chi connectivity index (χ1v) is 7.56. The van der Waals surface area contributed by atoms with Gasteiger partial charge in [0.25, 0.3) is 0 Å². The van der Waals surface area contributed by atoms with Crippen molar-refractivity contribution in [2.75, 3.05) is 0 Å². The summed E-state index contributed by atoms with van der Waals surface area (Å²) < 4.78 is 0. The number of para-hydroxylation sites is 1. The summed E-state index contributed by atoms with van der Waals surface area (Å²) in [6.45, 7) is 6.21. The standard InChI is InChI=1S/C20H19NO/c1-13(2)20-17(12-22)19(15-10-8-14(3)9-11-15)16-6-4-5-7-18(16)21-20/h4-13H,1-3H3. The van der Waals surface area contributed by atoms with E-state index in [4.69, 9.17) is 4.98 Å². The number of fused-ring (bicyclic) bond motifs is 1. The molecule has 0 bridgehead atoms. The fourth-order valence-electron chi connectivity index (χ4n) is 2.84. The van der Waals surface area contributed by atoms with E-state index in [0.717, 1.165) is 34.0 Å². The summed E-state index contributed by atoms with van der Waals surface area (Å²) in [5, 5.41) is 1.03. The smallest absolute Gasteiger partial charge is 0.152 e. The highest BCUT2D eigenvalue weighted by molar-refractivity contribution is 6.03. The molecule has 0 aliphatic rings. The van der Waals surface area contributed by atoms with Gasteiger partial charge in [-0.1, -0.05) is 61.9 Å². The van der Waals surface area contributed by atoms with Gasteiger partial charge in [-0.05, 0) is 24.5 Å². The van der Waals surface area contributed by atoms with Crippen molar-refractivity contribution in [3.05, 3.63) is 65.4 Å². The van der Waals surface area contributed by atoms with Crippen molar-refractivity contribution in [1.82, 2.24) is 4.98 Å². The molecule has 0 saturated heterocycles. The number of benzene rings is 2. The van der Waals surface area contributed by atoms with Crippen molar-refractivity contribution in [2.24, 2.45) is 0 Å². The first kappa shape index (κ1) is 14.5. The van der Waals surface area contributed by atoms with Gasteiger partial charge in [-0.2, -0.15) is 0 Å². The van der Waals surface area contributed by atoms with Crippen LogP contribution < -0.4 is 0 Å². The molecule has 2 heteroatoms. The second-order valence-electron chi connectivity index (χ2n) is 5.94. The molecule has 0 radical (unpaired) electrons. The van der Waals surface area contributed by atoms with E-state index in [2.05, 4.69) is 45.0 Å². The molecule has 0 atom stereocenters. The summed E-state index contributed by atoms with van der Waals surface area (Å²) in [6.07, 6.45) is 0.948. The monoisotopic (exact) mass is 289 g/mol. The maximum Gasteiger partial charge on any atom is 0.152 e. The molecule has 0 N–H and O–H groups in total. The van der Waals surface area contributed by atoms with Crippen LogP contribution in [0.3, 0.4) is 0 Å². The van der Waals surface area contributed by atoms with Gasteiger partial charge in [-0.25, -0.2) is 0 Å². The van der Waals surface area contributed by atoms with Crippen molar-refractivity contribution < 1.29 is 4.79 Å². The van der Waals surface area contributed by atoms with Crippen LogP contribution in [0.25, 0.3) is 22.0 Å². The van der Waals surface area contributed by atoms with Crippen LogP contribution in [0.4, 0.5) is 0 Å². The van der Waals surface area contributed by atoms with Crippen molar-refractivity contribution in [2.45, 2.75) is 26.7 Å². The Morgan fingerprint density at radius 1 is 1.00 bits per heavy atom. The molecule has 1 heterocycles. The maximum atomic E-state index is 11.8. The van der Waals surface area contributed by atoms with E-state index in [1.54, 1.807) is 0 Å². The Kier molecular flexibility index (Phi) is 3.76. The van der Waals surface area contributed by atoms with Gasteiger partial charge in [0.05, 0.1) is 11.2 Å². The van der Waals surface area contributed by atoms with E-state index in [-0.39, 0.29) is 5.92 Å². The van der Waals surface area contributed by atoms with E-state index in [1.807, 2.05) is 24.3 Å². The number of nitrogens with zero attached hydrogens (tertiary/aromatic N) is 1. The summed E-state index contributed by atoms with van der Waals surface area (Å²) in [6, 6.07) is 16.3. The number of hydrogen-bond donors (Lipinski definition) is 0. The zero-order valence-electron chi connectivity index (χ0n) is 13.1. The Morgan fingerprint density at radius 3 is 2.32 bits per heavy atom. The van der Waals surface area contributed by atoms with Gasteiger partial charge in [0.2, 0.25) is 0 Å². The molecule has 110 valence electrons. The average molecular weight is 289 g/mol. The number of aromatic nitrogens is 1. The predicted molar refractivity (Wildman–Crippen MR) is 91.4 cm³/mol. The Morgan fingerprint density at radius 2 is 1.68 bits per heavy atom. The zero-order valence-corrected chi connectivity index (χ0v) is 13.1. The van der Waals surface area contributed by atoms with Crippen molar-refractivity contribution in [3.8, 4) is 11.1 Å². The van der Waals surface area contributed by atoms with Gasteiger partial charge >= 0.3 is 0 Å². The van der Waals surface area contributed by atoms with E-state index in [1.165, 1.54) is 5.56 Å². The third-order valence-corrected chi connectivity index (χ3v) is 3.96. The molecule has 0 spiro atoms. The summed E-state index contributed by atoms with van der Waals surface area (Å²) in [5.74, 6) is 0.203. The topological polar surface area (TPSA) is 30.0 Å². The van der Waals surface area contributed by atoms with Crippen LogP contribution in [0.1, 0.15) is 41.4 Å². The number of aryl methyl sites for hydroxylation is 1. The SMILES string of the molecule is Cc1ccc(-c2c(C=O)c(C(C)C)nc3ccccc23)cc1. The van der Waals surface area contributed by atoms with Gasteiger partial charge < -0.3 is 0 Å². The lowest BCUT2D eigenvalue weighted by Gasteiger charge is -2.16. The number of aldehydes is 1. The highest BCUT2D eigenvalue weighted by Gasteiger charge is 2.17. The van der Waals surface area contributed by atoms with Crippen molar-refractivity contribution >= 4 is 17.2 Å². The Bertz CT molecular complexity index is 832. The fraction of sp³-hybridized carbons (Fsp3) is 0.200. The van der Waals surface area contributed by atoms with Gasteiger partial charge in [0.15, 0.2) is 6.29 Å². The second-order valence-corrected chi connectivity index (χ2v) is 5.94. The number of rotatable bonds is 3. The molecule has 0 unspecified atom stereocenters. The molecule has 3 aromatic rings. The van der Waals surface area contributed by atoms with Crippen LogP contribution in [0.2, 0.25) is 0 Å². The number of pyridine rings is 1. The number of carbonyl (C=O) groups is 1. The number of hydrogen-bond acceptors (Lipinski definition) is 2. The van der Waals surface area contributed by atoms with Gasteiger partial charge in [-0.15, -0.1) is 0 Å². The first-order chi connectivity index (χ1) is 10.6. The van der Waals surface area contributed by atoms with Crippen LogP contribution in [0, 0.1) is 6.92 Å². The average Bonchev–Trinajstić information content (AvgIpc) is 2.53. The molecule has 0 fully saturated rings. The third kappa shape index (κ3) is 2.41. The molecule has 0 saturated carbocycles. The summed E-state index contributed by atoms with van der Waals surface area (Å²) in [4.78, 5) is 16.5. The largest absolute Gasteiger partial charge is 0.298 e. The highest BCUT2D eigenvalue weighted by atomic mass is 16.1. The summed E-state index contributed by atoms with van der Waals surface area (Å²) in [5.41, 5.74) is 5.77. The molecular formula is C20H19NO. The Hall–Kier alpha value is -2.48. The quantitative estimate of drug-likeness (QED) is 0.624. The lowest BCUT2D eigenvalue weighted by atomic mass is 9.91. The minimum absolute atomic E-state index is 0.203. The van der Waals surface area contributed by atoms with Crippen LogP contribution in [-0.4, -0.2) is 11.3 Å². The number of carbonyl (C=O) groups excluding carboxylic acids is 1. The molecular weight excluding hydrogens is 270 g/mol. The van der Waals surface area contributed by atoms with E-state index in [0.29, 0.717) is 5.56 Å². The van der Waals surface area contributed by atoms with Crippen molar-refractivity contribution in [1.29, 1.82) is 0 Å². The van der Waals surface area contributed by atoms with Crippen LogP contribution in [0.15, 0.2) is 48.5 Å². The van der Waals surface area contributed by atoms with Crippen LogP contribution in [0.5, 0.6) is 0 Å². The van der Waals surface area contributed by atoms with Crippen molar-refractivity contribution in [3.63, 3.8) is 0 Å². The van der Waals surface area contributed by atoms with Gasteiger partial charge in [-0.3, -0.25) is 9.78 Å². The minimum Gasteiger partial charge on any atom is -0.298 e. The van der Waals surface area contributed by atoms with E-state index in [9.17, 15) is 4.79 Å². The molecule has 0 aliphatic heterocycles. The van der Waals surface area contributed by atoms with E-state index >= 15 is 0 Å². The normalized spacial score (nSPS) is 11.1. The molecule has 22 heavy (non-hydrogen) atoms. The second kappa shape index (κ2) is 5.72. The third-order valence-electron chi connectivity index (χ3n) is 3.96. The summed E-state index contributed by atoms with van der Waals surface area (Å²) >= 11 is 0. The summed E-state index contributed by atoms with van der Waals surface area (Å²) in [7, 11) is 0. The lowest BCUT2D eigenvalue weighted by Crippen LogP contribution is -2.03. The van der Waals surface area contributed by atoms with E-state index < -0.39 is 0 Å². The minimum atomic E-state index is 0.203. The Labute approximate surface area is 130 Å². The zero-order chi connectivity index (χ0) is 15.7. The molecule has 1 aromatic heterocycles. The fourth-order valence-corrected chi connectivity index (χ4v) is 2.84. The van der Waals surface area contributed by atoms with Gasteiger partial charge in [0.1, 0.15) is 0 Å². The molecule has 2 nitrogen and oxygen atoms in total. The predicted octanol–water partition coefficient (Wildman–Crippen LogP) is 5.15. The van der Waals surface area contributed by atoms with Gasteiger partial charge in [0, 0.05) is 16.5 Å². The Balaban J connectivity index is 2.43. The maximum absolute atomic E-state index is 11.8. The first-order valence-electron chi connectivity index (χ1n) is 7.56.